The summed E-state index contributed by atoms with van der Waals surface area (Å²) in [5, 5.41) is 6.05. The maximum Gasteiger partial charge on any atom is 0.224 e. The average Bonchev–Trinajstić information content (AvgIpc) is 2.48. The van der Waals surface area contributed by atoms with Gasteiger partial charge < -0.3 is 10.6 Å². The Morgan fingerprint density at radius 3 is 2.38 bits per heavy atom. The molecule has 0 aliphatic rings. The maximum atomic E-state index is 11.3. The van der Waals surface area contributed by atoms with Gasteiger partial charge in [-0.2, -0.15) is 0 Å². The first-order valence-electron chi connectivity index (χ1n) is 7.18. The summed E-state index contributed by atoms with van der Waals surface area (Å²) in [6.45, 7) is 5.05. The van der Waals surface area contributed by atoms with Crippen molar-refractivity contribution in [1.82, 2.24) is 5.32 Å². The van der Waals surface area contributed by atoms with Crippen LogP contribution in [0.15, 0.2) is 42.5 Å². The minimum absolute atomic E-state index is 0.0333. The van der Waals surface area contributed by atoms with Gasteiger partial charge in [0.25, 0.3) is 0 Å². The van der Waals surface area contributed by atoms with Crippen LogP contribution in [0.2, 0.25) is 0 Å². The van der Waals surface area contributed by atoms with Crippen LogP contribution >= 0.6 is 0 Å². The van der Waals surface area contributed by atoms with Gasteiger partial charge in [-0.1, -0.05) is 35.9 Å². The Hall–Kier alpha value is -2.29. The minimum Gasteiger partial charge on any atom is -0.381 e. The molecule has 0 aliphatic heterocycles. The number of likely N-dealkylation sites (N-methyl/N-ethyl adjacent to an activating group) is 1. The summed E-state index contributed by atoms with van der Waals surface area (Å²) >= 11 is 0. The Bertz CT molecular complexity index is 618. The Labute approximate surface area is 126 Å². The molecule has 0 saturated heterocycles. The van der Waals surface area contributed by atoms with Crippen molar-refractivity contribution >= 4 is 11.6 Å². The lowest BCUT2D eigenvalue weighted by Gasteiger charge is -2.10. The molecule has 0 fully saturated rings. The van der Waals surface area contributed by atoms with Crippen LogP contribution in [0, 0.1) is 13.8 Å². The summed E-state index contributed by atoms with van der Waals surface area (Å²) in [4.78, 5) is 11.3. The van der Waals surface area contributed by atoms with Crippen LogP contribution in [0.25, 0.3) is 0 Å². The van der Waals surface area contributed by atoms with Gasteiger partial charge in [0, 0.05) is 19.3 Å². The minimum atomic E-state index is 0.0333. The molecule has 0 bridgehead atoms. The molecule has 21 heavy (non-hydrogen) atoms. The lowest BCUT2D eigenvalue weighted by Crippen LogP contribution is -2.19. The van der Waals surface area contributed by atoms with E-state index in [1.54, 1.807) is 7.05 Å². The van der Waals surface area contributed by atoms with E-state index in [-0.39, 0.29) is 5.91 Å². The Morgan fingerprint density at radius 1 is 1.05 bits per heavy atom. The normalized spacial score (nSPS) is 10.2. The number of rotatable bonds is 5. The van der Waals surface area contributed by atoms with Gasteiger partial charge in [-0.3, -0.25) is 4.79 Å². The van der Waals surface area contributed by atoms with Gasteiger partial charge in [0.05, 0.1) is 6.42 Å². The van der Waals surface area contributed by atoms with E-state index < -0.39 is 0 Å². The zero-order valence-corrected chi connectivity index (χ0v) is 12.9. The first-order valence-corrected chi connectivity index (χ1v) is 7.18. The van der Waals surface area contributed by atoms with Crippen molar-refractivity contribution in [2.75, 3.05) is 12.4 Å². The number of carbonyl (C=O) groups excluding carboxylic acids is 1. The first-order chi connectivity index (χ1) is 10.1. The lowest BCUT2D eigenvalue weighted by atomic mass is 10.1. The molecule has 0 unspecified atom stereocenters. The van der Waals surface area contributed by atoms with Gasteiger partial charge in [-0.05, 0) is 42.7 Å². The van der Waals surface area contributed by atoms with Crippen LogP contribution in [0.1, 0.15) is 22.3 Å². The number of nitrogens with one attached hydrogen (secondary N) is 2. The maximum absolute atomic E-state index is 11.3. The summed E-state index contributed by atoms with van der Waals surface area (Å²) < 4.78 is 0. The molecular weight excluding hydrogens is 260 g/mol. The van der Waals surface area contributed by atoms with Gasteiger partial charge in [0.15, 0.2) is 0 Å². The molecule has 3 heteroatoms. The Morgan fingerprint density at radius 2 is 1.76 bits per heavy atom. The van der Waals surface area contributed by atoms with Crippen molar-refractivity contribution in [3.8, 4) is 0 Å². The van der Waals surface area contributed by atoms with E-state index in [1.165, 1.54) is 16.7 Å². The monoisotopic (exact) mass is 282 g/mol. The predicted octanol–water partition coefficient (Wildman–Crippen LogP) is 3.20. The molecule has 0 atom stereocenters. The third-order valence-corrected chi connectivity index (χ3v) is 3.58. The smallest absolute Gasteiger partial charge is 0.224 e. The highest BCUT2D eigenvalue weighted by Crippen LogP contribution is 2.15. The lowest BCUT2D eigenvalue weighted by molar-refractivity contribution is -0.119. The molecule has 0 radical (unpaired) electrons. The van der Waals surface area contributed by atoms with E-state index in [9.17, 15) is 4.79 Å². The van der Waals surface area contributed by atoms with Crippen LogP contribution in [-0.2, 0) is 17.8 Å². The van der Waals surface area contributed by atoms with Gasteiger partial charge in [-0.25, -0.2) is 0 Å². The molecule has 110 valence electrons. The summed E-state index contributed by atoms with van der Waals surface area (Å²) in [7, 11) is 1.65. The van der Waals surface area contributed by atoms with Gasteiger partial charge in [0.1, 0.15) is 0 Å². The van der Waals surface area contributed by atoms with Crippen LogP contribution in [0.3, 0.4) is 0 Å². The van der Waals surface area contributed by atoms with Crippen LogP contribution in [0.5, 0.6) is 0 Å². The average molecular weight is 282 g/mol. The fourth-order valence-electron chi connectivity index (χ4n) is 2.26. The summed E-state index contributed by atoms with van der Waals surface area (Å²) in [6, 6.07) is 14.5. The second kappa shape index (κ2) is 6.93. The molecule has 2 aromatic rings. The number of anilines is 1. The number of carbonyl (C=O) groups is 1. The van der Waals surface area contributed by atoms with E-state index in [4.69, 9.17) is 0 Å². The molecule has 2 rings (SSSR count). The summed E-state index contributed by atoms with van der Waals surface area (Å²) in [5.74, 6) is 0.0333. The molecule has 0 aromatic heterocycles. The van der Waals surface area contributed by atoms with Gasteiger partial charge >= 0.3 is 0 Å². The topological polar surface area (TPSA) is 41.1 Å². The van der Waals surface area contributed by atoms with Crippen molar-refractivity contribution in [3.63, 3.8) is 0 Å². The second-order valence-electron chi connectivity index (χ2n) is 5.33. The molecule has 1 amide bonds. The molecular formula is C18H22N2O. The summed E-state index contributed by atoms with van der Waals surface area (Å²) in [5.41, 5.74) is 5.98. The van der Waals surface area contributed by atoms with Crippen molar-refractivity contribution in [1.29, 1.82) is 0 Å². The molecule has 0 heterocycles. The van der Waals surface area contributed by atoms with Crippen LogP contribution < -0.4 is 10.6 Å². The molecule has 2 N–H and O–H groups in total. The first kappa shape index (κ1) is 15.1. The zero-order valence-electron chi connectivity index (χ0n) is 12.9. The van der Waals surface area contributed by atoms with E-state index >= 15 is 0 Å². The Balaban J connectivity index is 1.96. The number of hydrogen-bond acceptors (Lipinski definition) is 2. The van der Waals surface area contributed by atoms with E-state index in [0.717, 1.165) is 17.8 Å². The Kier molecular flexibility index (Phi) is 4.99. The van der Waals surface area contributed by atoms with Crippen molar-refractivity contribution in [2.24, 2.45) is 0 Å². The second-order valence-corrected chi connectivity index (χ2v) is 5.33. The molecule has 0 spiro atoms. The van der Waals surface area contributed by atoms with Gasteiger partial charge in [0.2, 0.25) is 5.91 Å². The van der Waals surface area contributed by atoms with Crippen LogP contribution in [0.4, 0.5) is 5.69 Å². The van der Waals surface area contributed by atoms with E-state index in [2.05, 4.69) is 42.7 Å². The third kappa shape index (κ3) is 4.35. The van der Waals surface area contributed by atoms with Crippen molar-refractivity contribution in [3.05, 3.63) is 64.7 Å². The highest BCUT2D eigenvalue weighted by Gasteiger charge is 2.02. The van der Waals surface area contributed by atoms with Gasteiger partial charge in [-0.15, -0.1) is 0 Å². The number of amides is 1. The number of aryl methyl sites for hydroxylation is 2. The van der Waals surface area contributed by atoms with Crippen molar-refractivity contribution in [2.45, 2.75) is 26.8 Å². The molecule has 0 saturated carbocycles. The van der Waals surface area contributed by atoms with E-state index in [0.29, 0.717) is 6.42 Å². The summed E-state index contributed by atoms with van der Waals surface area (Å²) in [6.07, 6.45) is 0.424. The fraction of sp³-hybridized carbons (Fsp3) is 0.278. The zero-order chi connectivity index (χ0) is 15.2. The van der Waals surface area contributed by atoms with Crippen LogP contribution in [-0.4, -0.2) is 13.0 Å². The third-order valence-electron chi connectivity index (χ3n) is 3.58. The van der Waals surface area contributed by atoms with Crippen molar-refractivity contribution < 1.29 is 4.79 Å². The largest absolute Gasteiger partial charge is 0.381 e. The predicted molar refractivity (Wildman–Crippen MR) is 87.5 cm³/mol. The molecule has 0 aliphatic carbocycles. The fourth-order valence-corrected chi connectivity index (χ4v) is 2.26. The highest BCUT2D eigenvalue weighted by atomic mass is 16.1. The quantitative estimate of drug-likeness (QED) is 0.884. The number of benzene rings is 2. The molecule has 3 nitrogen and oxygen atoms in total. The van der Waals surface area contributed by atoms with E-state index in [1.807, 2.05) is 24.3 Å². The standard InChI is InChI=1S/C18H22N2O/c1-13-4-7-16(14(2)10-13)12-20-17-8-5-15(6-9-17)11-18(21)19-3/h4-10,20H,11-12H2,1-3H3,(H,19,21). The SMILES string of the molecule is CNC(=O)Cc1ccc(NCc2ccc(C)cc2C)cc1. The highest BCUT2D eigenvalue weighted by molar-refractivity contribution is 5.78. The number of hydrogen-bond donors (Lipinski definition) is 2. The molecule has 2 aromatic carbocycles.